The number of carbonyl (C=O) groups is 1. The van der Waals surface area contributed by atoms with Crippen molar-refractivity contribution in [2.75, 3.05) is 12.0 Å². The zero-order chi connectivity index (χ0) is 17.2. The van der Waals surface area contributed by atoms with E-state index in [9.17, 15) is 18.0 Å². The van der Waals surface area contributed by atoms with E-state index in [1.165, 1.54) is 29.3 Å². The molecule has 0 atom stereocenters. The minimum absolute atomic E-state index is 0.112. The number of para-hydroxylation sites is 2. The second-order valence-corrected chi connectivity index (χ2v) is 4.80. The highest BCUT2D eigenvalue weighted by molar-refractivity contribution is 6.02. The highest BCUT2D eigenvalue weighted by Gasteiger charge is 2.29. The SMILES string of the molecule is O=C(Nn1cnc2ccccc21)c1cccnc1OCC(F)(F)F. The minimum Gasteiger partial charge on any atom is -0.467 e. The fourth-order valence-corrected chi connectivity index (χ4v) is 2.05. The molecule has 124 valence electrons. The Labute approximate surface area is 133 Å². The van der Waals surface area contributed by atoms with Crippen LogP contribution in [0.2, 0.25) is 0 Å². The van der Waals surface area contributed by atoms with Crippen molar-refractivity contribution < 1.29 is 22.7 Å². The minimum atomic E-state index is -4.52. The van der Waals surface area contributed by atoms with Crippen LogP contribution in [0.15, 0.2) is 48.9 Å². The van der Waals surface area contributed by atoms with Gasteiger partial charge in [-0.2, -0.15) is 13.2 Å². The lowest BCUT2D eigenvalue weighted by Crippen LogP contribution is -2.25. The first-order valence-corrected chi connectivity index (χ1v) is 6.82. The van der Waals surface area contributed by atoms with Crippen LogP contribution in [-0.4, -0.2) is 33.3 Å². The maximum absolute atomic E-state index is 12.3. The van der Waals surface area contributed by atoms with Gasteiger partial charge in [0.15, 0.2) is 6.61 Å². The van der Waals surface area contributed by atoms with Gasteiger partial charge < -0.3 is 4.74 Å². The van der Waals surface area contributed by atoms with E-state index in [0.29, 0.717) is 11.0 Å². The van der Waals surface area contributed by atoms with Crippen LogP contribution >= 0.6 is 0 Å². The molecule has 24 heavy (non-hydrogen) atoms. The Morgan fingerprint density at radius 3 is 2.75 bits per heavy atom. The van der Waals surface area contributed by atoms with E-state index >= 15 is 0 Å². The van der Waals surface area contributed by atoms with Crippen LogP contribution in [0.4, 0.5) is 13.2 Å². The normalized spacial score (nSPS) is 11.5. The summed E-state index contributed by atoms with van der Waals surface area (Å²) < 4.78 is 42.8. The van der Waals surface area contributed by atoms with E-state index in [1.807, 2.05) is 0 Å². The molecule has 0 saturated heterocycles. The molecule has 3 aromatic rings. The summed E-state index contributed by atoms with van der Waals surface area (Å²) >= 11 is 0. The molecule has 9 heteroatoms. The van der Waals surface area contributed by atoms with Crippen molar-refractivity contribution in [3.8, 4) is 5.88 Å². The number of pyridine rings is 1. The molecule has 1 amide bonds. The van der Waals surface area contributed by atoms with Gasteiger partial charge >= 0.3 is 6.18 Å². The summed E-state index contributed by atoms with van der Waals surface area (Å²) in [6.07, 6.45) is -1.88. The third kappa shape index (κ3) is 3.45. The topological polar surface area (TPSA) is 69.0 Å². The van der Waals surface area contributed by atoms with Gasteiger partial charge in [-0.3, -0.25) is 10.2 Å². The van der Waals surface area contributed by atoms with Crippen molar-refractivity contribution in [1.82, 2.24) is 14.6 Å². The predicted molar refractivity (Wildman–Crippen MR) is 79.2 cm³/mol. The summed E-state index contributed by atoms with van der Waals surface area (Å²) in [5.74, 6) is -1.06. The Balaban J connectivity index is 1.82. The second-order valence-electron chi connectivity index (χ2n) is 4.80. The number of hydrogen-bond acceptors (Lipinski definition) is 4. The molecule has 0 aliphatic heterocycles. The summed E-state index contributed by atoms with van der Waals surface area (Å²) in [7, 11) is 0. The number of imidazole rings is 1. The first-order valence-electron chi connectivity index (χ1n) is 6.82. The number of fused-ring (bicyclic) bond motifs is 1. The molecule has 0 unspecified atom stereocenters. The molecule has 0 aliphatic rings. The largest absolute Gasteiger partial charge is 0.467 e. The molecule has 0 bridgehead atoms. The number of carbonyl (C=O) groups excluding carboxylic acids is 1. The summed E-state index contributed by atoms with van der Waals surface area (Å²) in [6, 6.07) is 9.84. The van der Waals surface area contributed by atoms with Gasteiger partial charge in [0.05, 0.1) is 11.0 Å². The molecule has 2 aromatic heterocycles. The fraction of sp³-hybridized carbons (Fsp3) is 0.133. The van der Waals surface area contributed by atoms with Crippen LogP contribution < -0.4 is 10.2 Å². The molecule has 1 aromatic carbocycles. The molecular weight excluding hydrogens is 325 g/mol. The first-order chi connectivity index (χ1) is 11.4. The van der Waals surface area contributed by atoms with Crippen LogP contribution in [0, 0.1) is 0 Å². The van der Waals surface area contributed by atoms with Crippen LogP contribution in [0.3, 0.4) is 0 Å². The number of halogens is 3. The molecule has 0 fully saturated rings. The molecule has 0 spiro atoms. The number of amides is 1. The van der Waals surface area contributed by atoms with Crippen molar-refractivity contribution in [2.45, 2.75) is 6.18 Å². The molecule has 3 rings (SSSR count). The van der Waals surface area contributed by atoms with Crippen LogP contribution in [-0.2, 0) is 0 Å². The Kier molecular flexibility index (Phi) is 4.07. The van der Waals surface area contributed by atoms with E-state index in [4.69, 9.17) is 0 Å². The van der Waals surface area contributed by atoms with Gasteiger partial charge in [-0.05, 0) is 24.3 Å². The number of aromatic nitrogens is 3. The van der Waals surface area contributed by atoms with E-state index in [1.54, 1.807) is 24.3 Å². The predicted octanol–water partition coefficient (Wildman–Crippen LogP) is 2.76. The van der Waals surface area contributed by atoms with E-state index < -0.39 is 24.6 Å². The molecule has 2 heterocycles. The van der Waals surface area contributed by atoms with E-state index in [-0.39, 0.29) is 5.56 Å². The van der Waals surface area contributed by atoms with Crippen molar-refractivity contribution in [1.29, 1.82) is 0 Å². The van der Waals surface area contributed by atoms with Crippen molar-refractivity contribution in [3.05, 3.63) is 54.5 Å². The zero-order valence-electron chi connectivity index (χ0n) is 12.1. The van der Waals surface area contributed by atoms with Gasteiger partial charge in [-0.1, -0.05) is 12.1 Å². The van der Waals surface area contributed by atoms with E-state index in [2.05, 4.69) is 20.1 Å². The molecule has 6 nitrogen and oxygen atoms in total. The lowest BCUT2D eigenvalue weighted by atomic mass is 10.2. The van der Waals surface area contributed by atoms with Gasteiger partial charge in [-0.15, -0.1) is 0 Å². The van der Waals surface area contributed by atoms with Gasteiger partial charge in [0.2, 0.25) is 5.88 Å². The van der Waals surface area contributed by atoms with Gasteiger partial charge in [-0.25, -0.2) is 14.6 Å². The molecular formula is C15H11F3N4O2. The van der Waals surface area contributed by atoms with Gasteiger partial charge in [0.25, 0.3) is 5.91 Å². The van der Waals surface area contributed by atoms with Gasteiger partial charge in [0.1, 0.15) is 11.9 Å². The highest BCUT2D eigenvalue weighted by atomic mass is 19.4. The maximum Gasteiger partial charge on any atom is 0.422 e. The Morgan fingerprint density at radius 2 is 1.96 bits per heavy atom. The van der Waals surface area contributed by atoms with Crippen LogP contribution in [0.25, 0.3) is 11.0 Å². The quantitative estimate of drug-likeness (QED) is 0.795. The number of benzene rings is 1. The number of rotatable bonds is 4. The lowest BCUT2D eigenvalue weighted by molar-refractivity contribution is -0.154. The second kappa shape index (κ2) is 6.19. The number of ether oxygens (including phenoxy) is 1. The first kappa shape index (κ1) is 15.8. The Hall–Kier alpha value is -3.10. The number of nitrogens with one attached hydrogen (secondary N) is 1. The number of hydrogen-bond donors (Lipinski definition) is 1. The standard InChI is InChI=1S/C15H11F3N4O2/c16-15(17,18)8-24-14-10(4-3-7-19-14)13(23)21-22-9-20-11-5-1-2-6-12(11)22/h1-7,9H,8H2,(H,21,23). The molecule has 0 saturated carbocycles. The number of alkyl halides is 3. The van der Waals surface area contributed by atoms with Crippen molar-refractivity contribution in [3.63, 3.8) is 0 Å². The monoisotopic (exact) mass is 336 g/mol. The summed E-state index contributed by atoms with van der Waals surface area (Å²) in [5.41, 5.74) is 3.73. The zero-order valence-corrected chi connectivity index (χ0v) is 12.1. The fourth-order valence-electron chi connectivity index (χ4n) is 2.05. The average molecular weight is 336 g/mol. The van der Waals surface area contributed by atoms with Crippen molar-refractivity contribution >= 4 is 16.9 Å². The smallest absolute Gasteiger partial charge is 0.422 e. The van der Waals surface area contributed by atoms with Crippen LogP contribution in [0.1, 0.15) is 10.4 Å². The lowest BCUT2D eigenvalue weighted by Gasteiger charge is -2.12. The summed E-state index contributed by atoms with van der Waals surface area (Å²) in [4.78, 5) is 20.1. The Morgan fingerprint density at radius 1 is 1.17 bits per heavy atom. The van der Waals surface area contributed by atoms with Crippen LogP contribution in [0.5, 0.6) is 5.88 Å². The third-order valence-corrected chi connectivity index (χ3v) is 3.06. The molecule has 1 N–H and O–H groups in total. The summed E-state index contributed by atoms with van der Waals surface area (Å²) in [6.45, 7) is -1.53. The third-order valence-electron chi connectivity index (χ3n) is 3.06. The molecule has 0 radical (unpaired) electrons. The Bertz CT molecular complexity index is 876. The number of nitrogens with zero attached hydrogens (tertiary/aromatic N) is 3. The average Bonchev–Trinajstić information content (AvgIpc) is 2.96. The summed E-state index contributed by atoms with van der Waals surface area (Å²) in [5, 5.41) is 0. The van der Waals surface area contributed by atoms with Crippen molar-refractivity contribution in [2.24, 2.45) is 0 Å². The van der Waals surface area contributed by atoms with Gasteiger partial charge in [0, 0.05) is 6.20 Å². The maximum atomic E-state index is 12.3. The highest BCUT2D eigenvalue weighted by Crippen LogP contribution is 2.20. The van der Waals surface area contributed by atoms with E-state index in [0.717, 1.165) is 0 Å². The molecule has 0 aliphatic carbocycles.